The summed E-state index contributed by atoms with van der Waals surface area (Å²) in [5.74, 6) is -0.571. The number of carbonyl (C=O) groups excluding carboxylic acids is 2. The summed E-state index contributed by atoms with van der Waals surface area (Å²) < 4.78 is 23.6. The molecule has 2 aliphatic rings. The van der Waals surface area contributed by atoms with Gasteiger partial charge in [0.1, 0.15) is 10.9 Å². The summed E-state index contributed by atoms with van der Waals surface area (Å²) in [6.07, 6.45) is 5.77. The van der Waals surface area contributed by atoms with Gasteiger partial charge in [-0.05, 0) is 18.1 Å². The van der Waals surface area contributed by atoms with Crippen molar-refractivity contribution in [3.63, 3.8) is 0 Å². The second-order valence-corrected chi connectivity index (χ2v) is 10.5. The average molecular weight is 437 g/mol. The minimum atomic E-state index is -3.09. The van der Waals surface area contributed by atoms with E-state index in [1.165, 1.54) is 9.80 Å². The molecule has 0 saturated carbocycles. The van der Waals surface area contributed by atoms with Gasteiger partial charge in [-0.2, -0.15) is 0 Å². The van der Waals surface area contributed by atoms with Crippen molar-refractivity contribution in [3.8, 4) is 0 Å². The lowest BCUT2D eigenvalue weighted by atomic mass is 10.2. The Labute approximate surface area is 174 Å². The summed E-state index contributed by atoms with van der Waals surface area (Å²) in [4.78, 5) is 28.3. The first-order valence-corrected chi connectivity index (χ1v) is 11.7. The number of thiocarbonyl (C=S) groups is 1. The second kappa shape index (κ2) is 8.59. The monoisotopic (exact) mass is 436 g/mol. The Morgan fingerprint density at radius 1 is 1.36 bits per heavy atom. The maximum atomic E-state index is 12.6. The van der Waals surface area contributed by atoms with Crippen molar-refractivity contribution in [1.82, 2.24) is 9.80 Å². The fraction of sp³-hybridized carbons (Fsp3) is 0.316. The predicted molar refractivity (Wildman–Crippen MR) is 115 cm³/mol. The number of thioether (sulfide) groups is 1. The fourth-order valence-corrected chi connectivity index (χ4v) is 5.97. The molecular weight excluding hydrogens is 416 g/mol. The molecule has 28 heavy (non-hydrogen) atoms. The predicted octanol–water partition coefficient (Wildman–Crippen LogP) is 2.09. The molecule has 9 heteroatoms. The molecule has 2 heterocycles. The first-order chi connectivity index (χ1) is 13.3. The molecule has 6 nitrogen and oxygen atoms in total. The van der Waals surface area contributed by atoms with Gasteiger partial charge in [0.05, 0.1) is 16.4 Å². The average Bonchev–Trinajstić information content (AvgIpc) is 3.15. The largest absolute Gasteiger partial charge is 0.340 e. The van der Waals surface area contributed by atoms with E-state index in [0.29, 0.717) is 15.6 Å². The van der Waals surface area contributed by atoms with Gasteiger partial charge in [0.2, 0.25) is 5.91 Å². The molecule has 0 aliphatic carbocycles. The third kappa shape index (κ3) is 4.89. The number of carbonyl (C=O) groups is 2. The van der Waals surface area contributed by atoms with Crippen LogP contribution in [0.5, 0.6) is 0 Å². The van der Waals surface area contributed by atoms with E-state index in [0.717, 1.165) is 17.3 Å². The second-order valence-electron chi connectivity index (χ2n) is 6.62. The molecule has 1 aromatic rings. The number of benzene rings is 1. The zero-order chi connectivity index (χ0) is 20.3. The number of hydrogen-bond donors (Lipinski definition) is 0. The zero-order valence-electron chi connectivity index (χ0n) is 15.3. The van der Waals surface area contributed by atoms with Crippen molar-refractivity contribution < 1.29 is 18.0 Å². The highest BCUT2D eigenvalue weighted by Crippen LogP contribution is 2.31. The Hall–Kier alpha value is -1.97. The summed E-state index contributed by atoms with van der Waals surface area (Å²) in [6, 6.07) is 9.34. The Morgan fingerprint density at radius 3 is 2.71 bits per heavy atom. The van der Waals surface area contributed by atoms with E-state index in [4.69, 9.17) is 12.2 Å². The Balaban J connectivity index is 1.62. The van der Waals surface area contributed by atoms with Crippen molar-refractivity contribution in [2.24, 2.45) is 0 Å². The van der Waals surface area contributed by atoms with Crippen LogP contribution in [0.3, 0.4) is 0 Å². The Bertz CT molecular complexity index is 955. The molecule has 1 aromatic carbocycles. The highest BCUT2D eigenvalue weighted by molar-refractivity contribution is 8.26. The Kier molecular flexibility index (Phi) is 6.36. The van der Waals surface area contributed by atoms with E-state index in [-0.39, 0.29) is 35.9 Å². The van der Waals surface area contributed by atoms with Crippen molar-refractivity contribution >= 4 is 56.0 Å². The van der Waals surface area contributed by atoms with Gasteiger partial charge in [-0.25, -0.2) is 8.42 Å². The summed E-state index contributed by atoms with van der Waals surface area (Å²) in [5, 5.41) is 0. The molecule has 0 unspecified atom stereocenters. The highest BCUT2D eigenvalue weighted by atomic mass is 32.2. The van der Waals surface area contributed by atoms with Crippen LogP contribution in [-0.2, 0) is 19.4 Å². The molecule has 0 N–H and O–H groups in total. The summed E-state index contributed by atoms with van der Waals surface area (Å²) in [6.45, 7) is -0.183. The molecule has 2 aliphatic heterocycles. The molecule has 1 atom stereocenters. The summed E-state index contributed by atoms with van der Waals surface area (Å²) in [5.41, 5.74) is 1.01. The van der Waals surface area contributed by atoms with Crippen LogP contribution in [0.25, 0.3) is 6.08 Å². The first kappa shape index (κ1) is 20.8. The normalized spacial score (nSPS) is 23.1. The lowest BCUT2D eigenvalue weighted by Gasteiger charge is -2.25. The lowest BCUT2D eigenvalue weighted by Crippen LogP contribution is -2.45. The van der Waals surface area contributed by atoms with Gasteiger partial charge in [-0.1, -0.05) is 66.5 Å². The van der Waals surface area contributed by atoms with E-state index in [1.807, 2.05) is 36.4 Å². The number of sulfone groups is 1. The third-order valence-corrected chi connectivity index (χ3v) is 7.80. The smallest absolute Gasteiger partial charge is 0.266 e. The molecule has 2 fully saturated rings. The topological polar surface area (TPSA) is 74.8 Å². The summed E-state index contributed by atoms with van der Waals surface area (Å²) >= 11 is 6.40. The molecule has 0 radical (unpaired) electrons. The van der Waals surface area contributed by atoms with Gasteiger partial charge in [0, 0.05) is 13.1 Å². The lowest BCUT2D eigenvalue weighted by molar-refractivity contribution is -0.135. The maximum absolute atomic E-state index is 12.6. The minimum absolute atomic E-state index is 0.0299. The fourth-order valence-electron chi connectivity index (χ4n) is 2.99. The number of hydrogen-bond acceptors (Lipinski definition) is 6. The number of amides is 2. The molecule has 148 valence electrons. The molecule has 0 spiro atoms. The Morgan fingerprint density at radius 2 is 2.07 bits per heavy atom. The number of allylic oxidation sites excluding steroid dienone is 2. The number of likely N-dealkylation sites (N-methyl/N-ethyl adjacent to an activating group) is 1. The van der Waals surface area contributed by atoms with Crippen LogP contribution >= 0.6 is 24.0 Å². The van der Waals surface area contributed by atoms with Crippen LogP contribution in [0.15, 0.2) is 47.4 Å². The molecule has 2 saturated heterocycles. The number of nitrogens with zero attached hydrogens (tertiary/aromatic N) is 2. The van der Waals surface area contributed by atoms with E-state index in [2.05, 4.69) is 0 Å². The van der Waals surface area contributed by atoms with Crippen LogP contribution in [0.1, 0.15) is 12.0 Å². The SMILES string of the molecule is CN(C(=O)CN1C(=O)/C(=C/C=C/c2ccccc2)SC1=S)[C@@H]1CCS(=O)(=O)C1. The van der Waals surface area contributed by atoms with Crippen molar-refractivity contribution in [3.05, 3.63) is 53.0 Å². The molecule has 2 amide bonds. The van der Waals surface area contributed by atoms with Crippen LogP contribution in [0.4, 0.5) is 0 Å². The maximum Gasteiger partial charge on any atom is 0.266 e. The van der Waals surface area contributed by atoms with Gasteiger partial charge >= 0.3 is 0 Å². The quantitative estimate of drug-likeness (QED) is 0.520. The molecular formula is C19H20N2O4S3. The van der Waals surface area contributed by atoms with E-state index < -0.39 is 9.84 Å². The first-order valence-electron chi connectivity index (χ1n) is 8.70. The van der Waals surface area contributed by atoms with Gasteiger partial charge in [-0.3, -0.25) is 14.5 Å². The van der Waals surface area contributed by atoms with Gasteiger partial charge in [0.15, 0.2) is 9.84 Å². The van der Waals surface area contributed by atoms with Crippen molar-refractivity contribution in [2.45, 2.75) is 12.5 Å². The minimum Gasteiger partial charge on any atom is -0.340 e. The van der Waals surface area contributed by atoms with Crippen LogP contribution in [0, 0.1) is 0 Å². The van der Waals surface area contributed by atoms with Crippen molar-refractivity contribution in [2.75, 3.05) is 25.1 Å². The van der Waals surface area contributed by atoms with Gasteiger partial charge in [-0.15, -0.1) is 0 Å². The van der Waals surface area contributed by atoms with E-state index in [1.54, 1.807) is 19.2 Å². The molecule has 3 rings (SSSR count). The van der Waals surface area contributed by atoms with Crippen LogP contribution in [0.2, 0.25) is 0 Å². The van der Waals surface area contributed by atoms with Gasteiger partial charge in [0.25, 0.3) is 5.91 Å². The summed E-state index contributed by atoms with van der Waals surface area (Å²) in [7, 11) is -1.51. The third-order valence-electron chi connectivity index (χ3n) is 4.65. The van der Waals surface area contributed by atoms with Crippen LogP contribution in [-0.4, -0.2) is 65.5 Å². The zero-order valence-corrected chi connectivity index (χ0v) is 17.7. The van der Waals surface area contributed by atoms with E-state index in [9.17, 15) is 18.0 Å². The van der Waals surface area contributed by atoms with Crippen LogP contribution < -0.4 is 0 Å². The molecule has 0 bridgehead atoms. The van der Waals surface area contributed by atoms with Crippen molar-refractivity contribution in [1.29, 1.82) is 0 Å². The number of rotatable bonds is 5. The standard InChI is InChI=1S/C19H20N2O4S3/c1-20(15-10-11-28(24,25)13-15)17(22)12-21-18(23)16(27-19(21)26)9-5-8-14-6-3-2-4-7-14/h2-9,15H,10-13H2,1H3/b8-5+,16-9-/t15-/m1/s1. The van der Waals surface area contributed by atoms with Gasteiger partial charge < -0.3 is 4.90 Å². The van der Waals surface area contributed by atoms with E-state index >= 15 is 0 Å². The molecule has 0 aromatic heterocycles. The highest BCUT2D eigenvalue weighted by Gasteiger charge is 2.37.